The summed E-state index contributed by atoms with van der Waals surface area (Å²) in [5, 5.41) is -1.15. The van der Waals surface area contributed by atoms with Gasteiger partial charge in [0.05, 0.1) is 11.5 Å². The molecule has 0 fully saturated rings. The van der Waals surface area contributed by atoms with Gasteiger partial charge in [0.25, 0.3) is 0 Å². The van der Waals surface area contributed by atoms with E-state index in [1.807, 2.05) is 31.2 Å². The summed E-state index contributed by atoms with van der Waals surface area (Å²) < 4.78 is 31.2. The Morgan fingerprint density at radius 1 is 1.15 bits per heavy atom. The number of sulfone groups is 1. The van der Waals surface area contributed by atoms with E-state index >= 15 is 0 Å². The number of fused-ring (bicyclic) bond motifs is 1. The summed E-state index contributed by atoms with van der Waals surface area (Å²) in [5.41, 5.74) is 1.90. The number of anilines is 1. The zero-order chi connectivity index (χ0) is 18.7. The highest BCUT2D eigenvalue weighted by atomic mass is 32.2. The van der Waals surface area contributed by atoms with Gasteiger partial charge in [0, 0.05) is 12.2 Å². The lowest BCUT2D eigenvalue weighted by molar-refractivity contribution is -0.118. The first-order valence-corrected chi connectivity index (χ1v) is 10.4. The first kappa shape index (κ1) is 18.5. The fourth-order valence-corrected chi connectivity index (χ4v) is 4.53. The van der Waals surface area contributed by atoms with Crippen molar-refractivity contribution in [3.63, 3.8) is 0 Å². The number of hydrogen-bond donors (Lipinski definition) is 0. The molecule has 1 aliphatic rings. The Kier molecular flexibility index (Phi) is 5.32. The van der Waals surface area contributed by atoms with Crippen molar-refractivity contribution in [2.75, 3.05) is 18.1 Å². The molecule has 0 aromatic heterocycles. The maximum absolute atomic E-state index is 13.0. The molecule has 0 N–H and O–H groups in total. The average molecular weight is 373 g/mol. The summed E-state index contributed by atoms with van der Waals surface area (Å²) in [6, 6.07) is 13.9. The van der Waals surface area contributed by atoms with E-state index < -0.39 is 15.1 Å². The number of ether oxygens (including phenoxy) is 1. The van der Waals surface area contributed by atoms with Crippen LogP contribution in [0.5, 0.6) is 5.75 Å². The predicted molar refractivity (Wildman–Crippen MR) is 101 cm³/mol. The van der Waals surface area contributed by atoms with Gasteiger partial charge in [-0.1, -0.05) is 18.2 Å². The lowest BCUT2D eigenvalue weighted by Gasteiger charge is -2.31. The third-order valence-electron chi connectivity index (χ3n) is 4.65. The first-order chi connectivity index (χ1) is 12.4. The highest BCUT2D eigenvalue weighted by molar-refractivity contribution is 7.92. The monoisotopic (exact) mass is 373 g/mol. The minimum Gasteiger partial charge on any atom is -0.494 e. The van der Waals surface area contributed by atoms with Crippen molar-refractivity contribution in [2.24, 2.45) is 0 Å². The van der Waals surface area contributed by atoms with Crippen LogP contribution in [-0.4, -0.2) is 32.7 Å². The Hall–Kier alpha value is -2.34. The van der Waals surface area contributed by atoms with Gasteiger partial charge in [-0.05, 0) is 62.6 Å². The lowest BCUT2D eigenvalue weighted by atomic mass is 10.0. The molecular formula is C20H23NO4S. The van der Waals surface area contributed by atoms with Crippen LogP contribution in [0.15, 0.2) is 53.4 Å². The zero-order valence-electron chi connectivity index (χ0n) is 15.0. The van der Waals surface area contributed by atoms with Gasteiger partial charge in [0.15, 0.2) is 9.84 Å². The molecule has 1 amide bonds. The lowest BCUT2D eigenvalue weighted by Crippen LogP contribution is -2.44. The van der Waals surface area contributed by atoms with Crippen LogP contribution >= 0.6 is 0 Å². The summed E-state index contributed by atoms with van der Waals surface area (Å²) in [5.74, 6) is 0.224. The molecule has 0 radical (unpaired) electrons. The van der Waals surface area contributed by atoms with Gasteiger partial charge < -0.3 is 9.64 Å². The number of amides is 1. The quantitative estimate of drug-likeness (QED) is 0.807. The van der Waals surface area contributed by atoms with Crippen LogP contribution in [0, 0.1) is 0 Å². The Bertz CT molecular complexity index is 890. The summed E-state index contributed by atoms with van der Waals surface area (Å²) in [7, 11) is -3.77. The van der Waals surface area contributed by atoms with E-state index in [-0.39, 0.29) is 10.8 Å². The number of hydrogen-bond acceptors (Lipinski definition) is 4. The molecule has 1 atom stereocenters. The summed E-state index contributed by atoms with van der Waals surface area (Å²) in [4.78, 5) is 14.7. The van der Waals surface area contributed by atoms with Crippen LogP contribution in [0.25, 0.3) is 0 Å². The minimum atomic E-state index is -3.77. The molecule has 26 heavy (non-hydrogen) atoms. The second kappa shape index (κ2) is 7.50. The smallest absolute Gasteiger partial charge is 0.245 e. The highest BCUT2D eigenvalue weighted by Gasteiger charge is 2.35. The number of nitrogens with zero attached hydrogens (tertiary/aromatic N) is 1. The highest BCUT2D eigenvalue weighted by Crippen LogP contribution is 2.29. The number of aryl methyl sites for hydroxylation is 1. The molecule has 0 aliphatic carbocycles. The molecule has 0 bridgehead atoms. The van der Waals surface area contributed by atoms with Crippen LogP contribution in [0.2, 0.25) is 0 Å². The topological polar surface area (TPSA) is 63.7 Å². The molecule has 0 saturated heterocycles. The van der Waals surface area contributed by atoms with Gasteiger partial charge in [0.2, 0.25) is 5.91 Å². The van der Waals surface area contributed by atoms with E-state index in [0.717, 1.165) is 24.1 Å². The van der Waals surface area contributed by atoms with Crippen LogP contribution < -0.4 is 9.64 Å². The summed E-state index contributed by atoms with van der Waals surface area (Å²) >= 11 is 0. The number of para-hydroxylation sites is 1. The van der Waals surface area contributed by atoms with Crippen LogP contribution in [-0.2, 0) is 21.1 Å². The van der Waals surface area contributed by atoms with Gasteiger partial charge in [-0.3, -0.25) is 4.79 Å². The Morgan fingerprint density at radius 3 is 2.54 bits per heavy atom. The molecule has 2 aromatic rings. The molecule has 6 heteroatoms. The number of carbonyl (C=O) groups excluding carboxylic acids is 1. The minimum absolute atomic E-state index is 0.132. The molecule has 0 spiro atoms. The first-order valence-electron chi connectivity index (χ1n) is 8.81. The fourth-order valence-electron chi connectivity index (χ4n) is 3.21. The molecule has 2 aromatic carbocycles. The van der Waals surface area contributed by atoms with Gasteiger partial charge in [-0.15, -0.1) is 0 Å². The molecule has 138 valence electrons. The van der Waals surface area contributed by atoms with Gasteiger partial charge in [-0.25, -0.2) is 8.42 Å². The Balaban J connectivity index is 1.86. The van der Waals surface area contributed by atoms with Crippen molar-refractivity contribution in [1.29, 1.82) is 0 Å². The molecule has 1 heterocycles. The number of rotatable bonds is 5. The van der Waals surface area contributed by atoms with Crippen LogP contribution in [0.1, 0.15) is 25.8 Å². The fraction of sp³-hybridized carbons (Fsp3) is 0.350. The van der Waals surface area contributed by atoms with E-state index in [9.17, 15) is 13.2 Å². The normalized spacial score (nSPS) is 15.2. The number of benzene rings is 2. The van der Waals surface area contributed by atoms with Crippen LogP contribution in [0.4, 0.5) is 5.69 Å². The standard InChI is InChI=1S/C20H23NO4S/c1-3-25-17-10-12-18(13-11-17)26(23,24)15(2)20(22)21-14-6-8-16-7-4-5-9-19(16)21/h4-5,7,9-13,15H,3,6,8,14H2,1-2H3. The van der Waals surface area contributed by atoms with Gasteiger partial charge in [-0.2, -0.15) is 0 Å². The molecule has 0 saturated carbocycles. The van der Waals surface area contributed by atoms with Crippen LogP contribution in [0.3, 0.4) is 0 Å². The molecular weight excluding hydrogens is 350 g/mol. The zero-order valence-corrected chi connectivity index (χ0v) is 15.8. The molecule has 3 rings (SSSR count). The van der Waals surface area contributed by atoms with E-state index in [0.29, 0.717) is 18.9 Å². The van der Waals surface area contributed by atoms with Gasteiger partial charge >= 0.3 is 0 Å². The second-order valence-electron chi connectivity index (χ2n) is 6.31. The van der Waals surface area contributed by atoms with Crippen molar-refractivity contribution in [1.82, 2.24) is 0 Å². The van der Waals surface area contributed by atoms with E-state index in [1.54, 1.807) is 17.0 Å². The van der Waals surface area contributed by atoms with Crippen molar-refractivity contribution < 1.29 is 17.9 Å². The largest absolute Gasteiger partial charge is 0.494 e. The number of carbonyl (C=O) groups is 1. The summed E-state index contributed by atoms with van der Waals surface area (Å²) in [6.45, 7) is 4.38. The van der Waals surface area contributed by atoms with E-state index in [4.69, 9.17) is 4.74 Å². The molecule has 5 nitrogen and oxygen atoms in total. The van der Waals surface area contributed by atoms with E-state index in [1.165, 1.54) is 19.1 Å². The SMILES string of the molecule is CCOc1ccc(S(=O)(=O)C(C)C(=O)N2CCCc3ccccc32)cc1. The Labute approximate surface area is 154 Å². The second-order valence-corrected chi connectivity index (χ2v) is 8.58. The van der Waals surface area contributed by atoms with E-state index in [2.05, 4.69) is 0 Å². The van der Waals surface area contributed by atoms with Crippen molar-refractivity contribution in [3.05, 3.63) is 54.1 Å². The van der Waals surface area contributed by atoms with Crippen molar-refractivity contribution >= 4 is 21.4 Å². The molecule has 1 aliphatic heterocycles. The summed E-state index contributed by atoms with van der Waals surface area (Å²) in [6.07, 6.45) is 1.73. The maximum Gasteiger partial charge on any atom is 0.245 e. The van der Waals surface area contributed by atoms with Crippen molar-refractivity contribution in [2.45, 2.75) is 36.8 Å². The van der Waals surface area contributed by atoms with Crippen molar-refractivity contribution in [3.8, 4) is 5.75 Å². The third-order valence-corrected chi connectivity index (χ3v) is 6.71. The Morgan fingerprint density at radius 2 is 1.85 bits per heavy atom. The maximum atomic E-state index is 13.0. The van der Waals surface area contributed by atoms with Gasteiger partial charge in [0.1, 0.15) is 11.0 Å². The third kappa shape index (κ3) is 3.46. The average Bonchev–Trinajstić information content (AvgIpc) is 2.67. The molecule has 1 unspecified atom stereocenters. The predicted octanol–water partition coefficient (Wildman–Crippen LogP) is 3.23.